The number of aliphatic imine (C=N–C) groups is 1. The van der Waals surface area contributed by atoms with Crippen LogP contribution in [0.2, 0.25) is 0 Å². The quantitative estimate of drug-likeness (QED) is 0.379. The summed E-state index contributed by atoms with van der Waals surface area (Å²) in [5.41, 5.74) is 7.07. The molecule has 3 aromatic rings. The van der Waals surface area contributed by atoms with Crippen LogP contribution in [0, 0.1) is 5.92 Å². The van der Waals surface area contributed by atoms with E-state index in [9.17, 15) is 4.79 Å². The molecule has 4 rings (SSSR count). The Balaban J connectivity index is 1.44. The van der Waals surface area contributed by atoms with Crippen molar-refractivity contribution in [2.24, 2.45) is 16.6 Å². The zero-order valence-corrected chi connectivity index (χ0v) is 17.5. The Kier molecular flexibility index (Phi) is 6.44. The monoisotopic (exact) mass is 423 g/mol. The summed E-state index contributed by atoms with van der Waals surface area (Å²) in [6, 6.07) is 13.1. The lowest BCUT2D eigenvalue weighted by Gasteiger charge is -2.19. The molecule has 156 valence electrons. The summed E-state index contributed by atoms with van der Waals surface area (Å²) in [5.74, 6) is 2.05. The van der Waals surface area contributed by atoms with Crippen LogP contribution < -0.4 is 21.3 Å². The van der Waals surface area contributed by atoms with Crippen LogP contribution >= 0.6 is 11.5 Å². The van der Waals surface area contributed by atoms with Gasteiger partial charge in [-0.05, 0) is 48.5 Å². The van der Waals surface area contributed by atoms with E-state index >= 15 is 0 Å². The summed E-state index contributed by atoms with van der Waals surface area (Å²) in [4.78, 5) is 21.1. The van der Waals surface area contributed by atoms with Crippen molar-refractivity contribution < 1.29 is 4.74 Å². The molecule has 1 saturated carbocycles. The van der Waals surface area contributed by atoms with Gasteiger partial charge in [-0.2, -0.15) is 0 Å². The molecule has 1 aliphatic carbocycles. The van der Waals surface area contributed by atoms with E-state index in [2.05, 4.69) is 19.7 Å². The second kappa shape index (κ2) is 9.58. The first-order valence-electron chi connectivity index (χ1n) is 10.2. The predicted molar refractivity (Wildman–Crippen MR) is 121 cm³/mol. The van der Waals surface area contributed by atoms with E-state index in [1.807, 2.05) is 36.4 Å². The largest absolute Gasteiger partial charge is 0.439 e. The molecule has 0 atom stereocenters. The smallest absolute Gasteiger partial charge is 0.271 e. The molecule has 1 aromatic carbocycles. The van der Waals surface area contributed by atoms with Crippen LogP contribution in [0.3, 0.4) is 0 Å². The number of nitrogens with zero attached hydrogens (tertiary/aromatic N) is 2. The fraction of sp³-hybridized carbons (Fsp3) is 0.318. The van der Waals surface area contributed by atoms with Crippen molar-refractivity contribution in [2.45, 2.75) is 32.1 Å². The number of nitrogens with two attached hydrogens (primary N) is 1. The highest BCUT2D eigenvalue weighted by molar-refractivity contribution is 7.10. The van der Waals surface area contributed by atoms with Crippen molar-refractivity contribution in [1.82, 2.24) is 9.36 Å². The molecule has 0 saturated heterocycles. The standard InChI is InChI=1S/C22H25N5O2S/c23-20(25-13-15-7-3-1-4-8-15)19-21(28)27-30-22(19)26-16-11-12-18(24-14-16)29-17-9-5-2-6-10-17/h2,5-6,9-12,14-15,26H,1,3-4,7-8,13H2,(H2,23,25)(H,27,28). The lowest BCUT2D eigenvalue weighted by Crippen LogP contribution is -2.23. The maximum Gasteiger partial charge on any atom is 0.271 e. The molecule has 4 N–H and O–H groups in total. The minimum atomic E-state index is -0.232. The van der Waals surface area contributed by atoms with E-state index in [0.29, 0.717) is 28.9 Å². The molecule has 0 radical (unpaired) electrons. The molecule has 0 aliphatic heterocycles. The molecular weight excluding hydrogens is 398 g/mol. The minimum Gasteiger partial charge on any atom is -0.439 e. The molecule has 1 aliphatic rings. The Morgan fingerprint density at radius 3 is 2.73 bits per heavy atom. The van der Waals surface area contributed by atoms with Crippen molar-refractivity contribution in [1.29, 1.82) is 0 Å². The number of rotatable bonds is 7. The third-order valence-corrected chi connectivity index (χ3v) is 5.96. The van der Waals surface area contributed by atoms with E-state index in [0.717, 1.165) is 11.4 Å². The van der Waals surface area contributed by atoms with Gasteiger partial charge in [-0.1, -0.05) is 37.5 Å². The van der Waals surface area contributed by atoms with E-state index < -0.39 is 0 Å². The molecule has 0 spiro atoms. The average Bonchev–Trinajstić information content (AvgIpc) is 3.15. The first-order valence-corrected chi connectivity index (χ1v) is 11.0. The number of amidine groups is 1. The second-order valence-electron chi connectivity index (χ2n) is 7.39. The molecular formula is C22H25N5O2S. The van der Waals surface area contributed by atoms with Crippen molar-refractivity contribution in [3.05, 3.63) is 64.6 Å². The molecule has 2 aromatic heterocycles. The number of anilines is 2. The number of aromatic amines is 1. The number of H-pyrrole nitrogens is 1. The number of hydrogen-bond donors (Lipinski definition) is 3. The molecule has 0 amide bonds. The Bertz CT molecular complexity index is 1040. The van der Waals surface area contributed by atoms with Gasteiger partial charge in [0.2, 0.25) is 5.88 Å². The number of benzene rings is 1. The Hall–Kier alpha value is -3.13. The fourth-order valence-corrected chi connectivity index (χ4v) is 4.32. The van der Waals surface area contributed by atoms with Crippen molar-refractivity contribution >= 4 is 28.1 Å². The second-order valence-corrected chi connectivity index (χ2v) is 8.21. The van der Waals surface area contributed by atoms with Gasteiger partial charge in [0.05, 0.1) is 11.9 Å². The van der Waals surface area contributed by atoms with Crippen LogP contribution in [-0.4, -0.2) is 21.7 Å². The first kappa shape index (κ1) is 20.2. The van der Waals surface area contributed by atoms with Crippen LogP contribution in [0.15, 0.2) is 58.4 Å². The number of hydrogen-bond acceptors (Lipinski definition) is 6. The maximum atomic E-state index is 12.3. The zero-order chi connectivity index (χ0) is 20.8. The Labute approximate surface area is 179 Å². The summed E-state index contributed by atoms with van der Waals surface area (Å²) in [6.07, 6.45) is 7.83. The first-order chi connectivity index (χ1) is 14.7. The van der Waals surface area contributed by atoms with Crippen LogP contribution in [-0.2, 0) is 0 Å². The molecule has 2 heterocycles. The van der Waals surface area contributed by atoms with Gasteiger partial charge in [-0.25, -0.2) is 4.98 Å². The highest BCUT2D eigenvalue weighted by atomic mass is 32.1. The number of para-hydroxylation sites is 1. The van der Waals surface area contributed by atoms with Gasteiger partial charge in [0, 0.05) is 12.6 Å². The Morgan fingerprint density at radius 1 is 1.20 bits per heavy atom. The lowest BCUT2D eigenvalue weighted by molar-refractivity contribution is 0.367. The van der Waals surface area contributed by atoms with Gasteiger partial charge in [-0.3, -0.25) is 14.2 Å². The van der Waals surface area contributed by atoms with Gasteiger partial charge < -0.3 is 15.8 Å². The number of nitrogens with one attached hydrogen (secondary N) is 2. The topological polar surface area (TPSA) is 105 Å². The fourth-order valence-electron chi connectivity index (χ4n) is 3.55. The zero-order valence-electron chi connectivity index (χ0n) is 16.6. The highest BCUT2D eigenvalue weighted by Crippen LogP contribution is 2.26. The molecule has 7 nitrogen and oxygen atoms in total. The third kappa shape index (κ3) is 5.07. The Morgan fingerprint density at radius 2 is 2.00 bits per heavy atom. The van der Waals surface area contributed by atoms with E-state index in [1.54, 1.807) is 12.3 Å². The van der Waals surface area contributed by atoms with Gasteiger partial charge in [-0.15, -0.1) is 0 Å². The number of aromatic nitrogens is 2. The third-order valence-electron chi connectivity index (χ3n) is 5.16. The normalized spacial score (nSPS) is 15.1. The molecule has 0 unspecified atom stereocenters. The van der Waals surface area contributed by atoms with Crippen molar-refractivity contribution in [2.75, 3.05) is 11.9 Å². The van der Waals surface area contributed by atoms with E-state index in [4.69, 9.17) is 10.5 Å². The molecule has 8 heteroatoms. The van der Waals surface area contributed by atoms with Crippen LogP contribution in [0.4, 0.5) is 10.7 Å². The predicted octanol–water partition coefficient (Wildman–Crippen LogP) is 4.65. The highest BCUT2D eigenvalue weighted by Gasteiger charge is 2.17. The summed E-state index contributed by atoms with van der Waals surface area (Å²) < 4.78 is 8.45. The van der Waals surface area contributed by atoms with E-state index in [-0.39, 0.29) is 11.4 Å². The lowest BCUT2D eigenvalue weighted by atomic mass is 9.89. The SMILES string of the molecule is NC(=NCC1CCCCC1)c1c(Nc2ccc(Oc3ccccc3)nc2)s[nH]c1=O. The average molecular weight is 424 g/mol. The van der Waals surface area contributed by atoms with Crippen LogP contribution in [0.25, 0.3) is 0 Å². The number of ether oxygens (including phenoxy) is 1. The summed E-state index contributed by atoms with van der Waals surface area (Å²) in [7, 11) is 0. The van der Waals surface area contributed by atoms with Crippen molar-refractivity contribution in [3.63, 3.8) is 0 Å². The molecule has 30 heavy (non-hydrogen) atoms. The maximum absolute atomic E-state index is 12.3. The summed E-state index contributed by atoms with van der Waals surface area (Å²) >= 11 is 1.20. The van der Waals surface area contributed by atoms with Gasteiger partial charge in [0.15, 0.2) is 0 Å². The van der Waals surface area contributed by atoms with Gasteiger partial charge in [0.25, 0.3) is 5.56 Å². The molecule has 0 bridgehead atoms. The van der Waals surface area contributed by atoms with Crippen LogP contribution in [0.5, 0.6) is 11.6 Å². The number of pyridine rings is 1. The van der Waals surface area contributed by atoms with Crippen molar-refractivity contribution in [3.8, 4) is 11.6 Å². The van der Waals surface area contributed by atoms with Gasteiger partial charge >= 0.3 is 0 Å². The molecule has 1 fully saturated rings. The van der Waals surface area contributed by atoms with Gasteiger partial charge in [0.1, 0.15) is 22.1 Å². The summed E-state index contributed by atoms with van der Waals surface area (Å²) in [5, 5.41) is 3.84. The summed E-state index contributed by atoms with van der Waals surface area (Å²) in [6.45, 7) is 0.674. The van der Waals surface area contributed by atoms with E-state index in [1.165, 1.54) is 43.6 Å². The van der Waals surface area contributed by atoms with Crippen LogP contribution in [0.1, 0.15) is 37.7 Å². The minimum absolute atomic E-state index is 0.232.